The number of hydrogen-bond donors (Lipinski definition) is 4. The third-order valence-corrected chi connectivity index (χ3v) is 5.54. The van der Waals surface area contributed by atoms with E-state index in [0.717, 1.165) is 22.4 Å². The molecule has 0 amide bonds. The molecule has 3 rings (SSSR count). The van der Waals surface area contributed by atoms with Crippen LogP contribution >= 0.6 is 11.6 Å². The van der Waals surface area contributed by atoms with Gasteiger partial charge in [0, 0.05) is 11.4 Å². The summed E-state index contributed by atoms with van der Waals surface area (Å²) >= 11 is 6.38. The zero-order valence-electron chi connectivity index (χ0n) is 16.2. The van der Waals surface area contributed by atoms with Crippen molar-refractivity contribution in [3.8, 4) is 5.75 Å². The Labute approximate surface area is 175 Å². The lowest BCUT2D eigenvalue weighted by molar-refractivity contribution is -0.228. The molecule has 5 atom stereocenters. The largest absolute Gasteiger partial charge is 0.494 e. The van der Waals surface area contributed by atoms with Crippen molar-refractivity contribution in [2.75, 3.05) is 13.2 Å². The number of benzene rings is 2. The normalized spacial score (nSPS) is 27.0. The molecule has 6 nitrogen and oxygen atoms in total. The Morgan fingerprint density at radius 1 is 0.931 bits per heavy atom. The molecule has 29 heavy (non-hydrogen) atoms. The van der Waals surface area contributed by atoms with Gasteiger partial charge in [-0.05, 0) is 48.2 Å². The van der Waals surface area contributed by atoms with Crippen molar-refractivity contribution in [1.82, 2.24) is 0 Å². The van der Waals surface area contributed by atoms with Gasteiger partial charge < -0.3 is 29.9 Å². The first-order valence-electron chi connectivity index (χ1n) is 9.72. The predicted molar refractivity (Wildman–Crippen MR) is 109 cm³/mol. The minimum atomic E-state index is -1.37. The average molecular weight is 423 g/mol. The topological polar surface area (TPSA) is 99.4 Å². The highest BCUT2D eigenvalue weighted by Crippen LogP contribution is 2.27. The molecule has 2 aromatic carbocycles. The van der Waals surface area contributed by atoms with E-state index in [-0.39, 0.29) is 0 Å². The first kappa shape index (κ1) is 22.0. The molecule has 158 valence electrons. The van der Waals surface area contributed by atoms with Crippen molar-refractivity contribution in [3.63, 3.8) is 0 Å². The summed E-state index contributed by atoms with van der Waals surface area (Å²) in [5.74, 6) is 0.818. The highest BCUT2D eigenvalue weighted by atomic mass is 35.5. The van der Waals surface area contributed by atoms with Crippen LogP contribution < -0.4 is 4.74 Å². The van der Waals surface area contributed by atoms with Crippen LogP contribution in [0, 0.1) is 0 Å². The number of aliphatic hydroxyl groups is 4. The van der Waals surface area contributed by atoms with E-state index < -0.39 is 37.1 Å². The van der Waals surface area contributed by atoms with Crippen LogP contribution in [0.1, 0.15) is 23.6 Å². The Morgan fingerprint density at radius 2 is 1.59 bits per heavy atom. The minimum absolute atomic E-state index is 0.314. The van der Waals surface area contributed by atoms with Gasteiger partial charge in [0.1, 0.15) is 30.2 Å². The fourth-order valence-corrected chi connectivity index (χ4v) is 3.74. The summed E-state index contributed by atoms with van der Waals surface area (Å²) in [4.78, 5) is 0. The minimum Gasteiger partial charge on any atom is -0.494 e. The fourth-order valence-electron chi connectivity index (χ4n) is 3.56. The van der Waals surface area contributed by atoms with E-state index in [1.165, 1.54) is 0 Å². The highest BCUT2D eigenvalue weighted by molar-refractivity contribution is 6.31. The van der Waals surface area contributed by atoms with Gasteiger partial charge in [-0.3, -0.25) is 0 Å². The number of ether oxygens (including phenoxy) is 2. The van der Waals surface area contributed by atoms with Gasteiger partial charge >= 0.3 is 0 Å². The third-order valence-electron chi connectivity index (χ3n) is 5.17. The molecule has 0 spiro atoms. The van der Waals surface area contributed by atoms with Crippen LogP contribution in [0.5, 0.6) is 5.75 Å². The first-order chi connectivity index (χ1) is 13.9. The molecular weight excluding hydrogens is 396 g/mol. The van der Waals surface area contributed by atoms with E-state index in [1.54, 1.807) is 6.07 Å². The lowest BCUT2D eigenvalue weighted by Crippen LogP contribution is -2.59. The molecule has 0 saturated carbocycles. The SMILES string of the molecule is CCOc1ccc(Cc2cc(C[C@H]3OC(CO)C(O)C(O)C3O)ccc2Cl)cc1. The number of rotatable bonds is 7. The smallest absolute Gasteiger partial charge is 0.119 e. The van der Waals surface area contributed by atoms with Crippen LogP contribution in [-0.4, -0.2) is 64.2 Å². The second-order valence-electron chi connectivity index (χ2n) is 7.25. The summed E-state index contributed by atoms with van der Waals surface area (Å²) < 4.78 is 11.1. The standard InChI is InChI=1S/C22H27ClO6/c1-2-28-16-6-3-13(4-7-16)9-15-10-14(5-8-17(15)23)11-18-20(25)22(27)21(26)19(12-24)29-18/h3-8,10,18-22,24-27H,2,9,11-12H2,1H3/t18-,19?,20?,21?,22?/m1/s1. The van der Waals surface area contributed by atoms with Crippen molar-refractivity contribution in [1.29, 1.82) is 0 Å². The van der Waals surface area contributed by atoms with Gasteiger partial charge in [0.15, 0.2) is 0 Å². The molecule has 1 saturated heterocycles. The van der Waals surface area contributed by atoms with Gasteiger partial charge in [-0.1, -0.05) is 35.9 Å². The molecule has 1 aliphatic rings. The van der Waals surface area contributed by atoms with Crippen LogP contribution in [0.25, 0.3) is 0 Å². The predicted octanol–water partition coefficient (Wildman–Crippen LogP) is 1.71. The third kappa shape index (κ3) is 5.28. The highest BCUT2D eigenvalue weighted by Gasteiger charge is 2.43. The van der Waals surface area contributed by atoms with Gasteiger partial charge in [0.05, 0.1) is 19.3 Å². The summed E-state index contributed by atoms with van der Waals surface area (Å²) in [5, 5.41) is 40.1. The number of hydrogen-bond acceptors (Lipinski definition) is 6. The lowest BCUT2D eigenvalue weighted by Gasteiger charge is -2.40. The Kier molecular flexibility index (Phi) is 7.51. The van der Waals surface area contributed by atoms with Crippen LogP contribution in [-0.2, 0) is 17.6 Å². The van der Waals surface area contributed by atoms with Crippen molar-refractivity contribution in [3.05, 3.63) is 64.2 Å². The van der Waals surface area contributed by atoms with Crippen LogP contribution in [0.4, 0.5) is 0 Å². The second-order valence-corrected chi connectivity index (χ2v) is 7.66. The van der Waals surface area contributed by atoms with Crippen molar-refractivity contribution < 1.29 is 29.9 Å². The van der Waals surface area contributed by atoms with Gasteiger partial charge in [-0.2, -0.15) is 0 Å². The second kappa shape index (κ2) is 9.89. The van der Waals surface area contributed by atoms with E-state index in [4.69, 9.17) is 21.1 Å². The van der Waals surface area contributed by atoms with Crippen LogP contribution in [0.3, 0.4) is 0 Å². The maximum absolute atomic E-state index is 10.3. The molecule has 7 heteroatoms. The molecule has 1 heterocycles. The average Bonchev–Trinajstić information content (AvgIpc) is 2.72. The van der Waals surface area contributed by atoms with Crippen LogP contribution in [0.2, 0.25) is 5.02 Å². The molecule has 4 unspecified atom stereocenters. The summed E-state index contributed by atoms with van der Waals surface area (Å²) in [6, 6.07) is 13.4. The van der Waals surface area contributed by atoms with Gasteiger partial charge in [0.25, 0.3) is 0 Å². The summed E-state index contributed by atoms with van der Waals surface area (Å²) in [6.45, 7) is 2.12. The van der Waals surface area contributed by atoms with E-state index >= 15 is 0 Å². The Bertz CT molecular complexity index is 794. The summed E-state index contributed by atoms with van der Waals surface area (Å²) in [5.41, 5.74) is 2.89. The first-order valence-corrected chi connectivity index (χ1v) is 10.1. The van der Waals surface area contributed by atoms with E-state index in [2.05, 4.69) is 0 Å². The monoisotopic (exact) mass is 422 g/mol. The Balaban J connectivity index is 1.73. The Morgan fingerprint density at radius 3 is 2.24 bits per heavy atom. The van der Waals surface area contributed by atoms with E-state index in [1.807, 2.05) is 43.3 Å². The van der Waals surface area contributed by atoms with Gasteiger partial charge in [-0.25, -0.2) is 0 Å². The quantitative estimate of drug-likeness (QED) is 0.542. The molecule has 2 aromatic rings. The zero-order chi connectivity index (χ0) is 21.0. The molecular formula is C22H27ClO6. The van der Waals surface area contributed by atoms with Crippen molar-refractivity contribution in [2.45, 2.75) is 50.3 Å². The molecule has 1 aliphatic heterocycles. The zero-order valence-corrected chi connectivity index (χ0v) is 17.0. The summed E-state index contributed by atoms with van der Waals surface area (Å²) in [6.07, 6.45) is -4.69. The molecule has 0 aliphatic carbocycles. The fraction of sp³-hybridized carbons (Fsp3) is 0.455. The number of halogens is 1. The van der Waals surface area contributed by atoms with E-state index in [0.29, 0.717) is 24.5 Å². The van der Waals surface area contributed by atoms with Crippen LogP contribution in [0.15, 0.2) is 42.5 Å². The van der Waals surface area contributed by atoms with E-state index in [9.17, 15) is 20.4 Å². The van der Waals surface area contributed by atoms with Gasteiger partial charge in [0.2, 0.25) is 0 Å². The molecule has 0 bridgehead atoms. The number of aliphatic hydroxyl groups excluding tert-OH is 4. The molecule has 0 aromatic heterocycles. The maximum atomic E-state index is 10.3. The van der Waals surface area contributed by atoms with Crippen molar-refractivity contribution in [2.24, 2.45) is 0 Å². The molecule has 0 radical (unpaired) electrons. The lowest BCUT2D eigenvalue weighted by atomic mass is 9.91. The Hall–Kier alpha value is -1.67. The maximum Gasteiger partial charge on any atom is 0.119 e. The molecule has 1 fully saturated rings. The molecule has 4 N–H and O–H groups in total. The van der Waals surface area contributed by atoms with Crippen molar-refractivity contribution >= 4 is 11.6 Å². The van der Waals surface area contributed by atoms with Gasteiger partial charge in [-0.15, -0.1) is 0 Å². The summed E-state index contributed by atoms with van der Waals surface area (Å²) in [7, 11) is 0.